The first-order valence-electron chi connectivity index (χ1n) is 9.64. The molecule has 0 unspecified atom stereocenters. The van der Waals surface area contributed by atoms with Gasteiger partial charge in [0.1, 0.15) is 0 Å². The molecule has 0 aliphatic carbocycles. The maximum Gasteiger partial charge on any atom is 0.250 e. The van der Waals surface area contributed by atoms with Crippen LogP contribution in [0.5, 0.6) is 0 Å². The normalized spacial score (nSPS) is 14.2. The van der Waals surface area contributed by atoms with Crippen molar-refractivity contribution < 1.29 is 0 Å². The Morgan fingerprint density at radius 1 is 0.862 bits per heavy atom. The first-order valence-corrected chi connectivity index (χ1v) is 10.7. The van der Waals surface area contributed by atoms with E-state index in [0.29, 0.717) is 17.8 Å². The summed E-state index contributed by atoms with van der Waals surface area (Å²) in [5.74, 6) is 1.59. The molecular weight excluding hydrogens is 477 g/mol. The van der Waals surface area contributed by atoms with Crippen molar-refractivity contribution in [3.05, 3.63) is 63.7 Å². The summed E-state index contributed by atoms with van der Waals surface area (Å²) in [6.45, 7) is 1.92. The van der Waals surface area contributed by atoms with Gasteiger partial charge in [0.05, 0.1) is 6.21 Å². The van der Waals surface area contributed by atoms with E-state index >= 15 is 0 Å². The molecule has 0 atom stereocenters. The third kappa shape index (κ3) is 5.63. The molecule has 0 amide bonds. The second-order valence-corrected chi connectivity index (χ2v) is 7.99. The van der Waals surface area contributed by atoms with Gasteiger partial charge >= 0.3 is 0 Å². The number of piperidine rings is 1. The SMILES string of the molecule is Ic1ccc(/C=N\Nc2nc(Nc3ccccc3)nc(N3CCCCC3)n2)cc1. The number of para-hydroxylation sites is 1. The lowest BCUT2D eigenvalue weighted by Gasteiger charge is -2.26. The largest absolute Gasteiger partial charge is 0.341 e. The topological polar surface area (TPSA) is 78.3 Å². The molecule has 1 saturated heterocycles. The molecular formula is C21H22IN7. The third-order valence-electron chi connectivity index (χ3n) is 4.54. The van der Waals surface area contributed by atoms with Gasteiger partial charge in [-0.2, -0.15) is 20.1 Å². The summed E-state index contributed by atoms with van der Waals surface area (Å²) in [6.07, 6.45) is 5.31. The Hall–Kier alpha value is -2.75. The van der Waals surface area contributed by atoms with Crippen LogP contribution in [0, 0.1) is 3.57 Å². The fraction of sp³-hybridized carbons (Fsp3) is 0.238. The lowest BCUT2D eigenvalue weighted by molar-refractivity contribution is 0.568. The molecule has 1 aromatic heterocycles. The second kappa shape index (κ2) is 9.64. The Balaban J connectivity index is 1.55. The minimum Gasteiger partial charge on any atom is -0.341 e. The van der Waals surface area contributed by atoms with Crippen molar-refractivity contribution in [1.29, 1.82) is 0 Å². The average Bonchev–Trinajstić information content (AvgIpc) is 2.76. The Morgan fingerprint density at radius 2 is 1.59 bits per heavy atom. The molecule has 7 nitrogen and oxygen atoms in total. The first-order chi connectivity index (χ1) is 14.3. The molecule has 4 rings (SSSR count). The Kier molecular flexibility index (Phi) is 6.50. The van der Waals surface area contributed by atoms with E-state index in [2.05, 4.69) is 58.3 Å². The number of anilines is 4. The number of halogens is 1. The van der Waals surface area contributed by atoms with E-state index in [1.807, 2.05) is 54.6 Å². The summed E-state index contributed by atoms with van der Waals surface area (Å²) >= 11 is 2.28. The fourth-order valence-corrected chi connectivity index (χ4v) is 3.43. The van der Waals surface area contributed by atoms with Gasteiger partial charge in [-0.1, -0.05) is 30.3 Å². The van der Waals surface area contributed by atoms with Crippen molar-refractivity contribution in [3.8, 4) is 0 Å². The lowest BCUT2D eigenvalue weighted by Crippen LogP contribution is -2.31. The summed E-state index contributed by atoms with van der Waals surface area (Å²) in [5, 5.41) is 7.56. The maximum atomic E-state index is 4.63. The number of benzene rings is 2. The molecule has 0 saturated carbocycles. The number of rotatable bonds is 6. The standard InChI is InChI=1S/C21H22IN7/c22-17-11-9-16(10-12-17)15-23-28-20-25-19(24-18-7-3-1-4-8-18)26-21(27-20)29-13-5-2-6-14-29/h1,3-4,7-12,15H,2,5-6,13-14H2,(H2,24,25,26,27,28)/b23-15-. The van der Waals surface area contributed by atoms with E-state index < -0.39 is 0 Å². The molecule has 0 radical (unpaired) electrons. The number of hydrazone groups is 1. The molecule has 2 heterocycles. The number of hydrogen-bond donors (Lipinski definition) is 2. The Morgan fingerprint density at radius 3 is 2.34 bits per heavy atom. The summed E-state index contributed by atoms with van der Waals surface area (Å²) in [6, 6.07) is 18.0. The van der Waals surface area contributed by atoms with Crippen LogP contribution in [0.3, 0.4) is 0 Å². The van der Waals surface area contributed by atoms with E-state index in [9.17, 15) is 0 Å². The number of nitrogens with one attached hydrogen (secondary N) is 2. The smallest absolute Gasteiger partial charge is 0.250 e. The summed E-state index contributed by atoms with van der Waals surface area (Å²) in [7, 11) is 0. The van der Waals surface area contributed by atoms with Gasteiger partial charge in [0, 0.05) is 22.3 Å². The van der Waals surface area contributed by atoms with Crippen LogP contribution in [0.1, 0.15) is 24.8 Å². The van der Waals surface area contributed by atoms with Crippen molar-refractivity contribution in [1.82, 2.24) is 15.0 Å². The summed E-state index contributed by atoms with van der Waals surface area (Å²) < 4.78 is 1.19. The quantitative estimate of drug-likeness (QED) is 0.292. The van der Waals surface area contributed by atoms with E-state index in [1.165, 1.54) is 9.99 Å². The highest BCUT2D eigenvalue weighted by molar-refractivity contribution is 14.1. The van der Waals surface area contributed by atoms with E-state index in [0.717, 1.165) is 37.2 Å². The number of nitrogens with zero attached hydrogens (tertiary/aromatic N) is 5. The van der Waals surface area contributed by atoms with Crippen LogP contribution in [0.2, 0.25) is 0 Å². The van der Waals surface area contributed by atoms with Crippen LogP contribution in [0.4, 0.5) is 23.5 Å². The molecule has 148 valence electrons. The Labute approximate surface area is 183 Å². The summed E-state index contributed by atoms with van der Waals surface area (Å²) in [5.41, 5.74) is 4.88. The van der Waals surface area contributed by atoms with Gasteiger partial charge in [0.2, 0.25) is 17.8 Å². The van der Waals surface area contributed by atoms with Crippen LogP contribution >= 0.6 is 22.6 Å². The molecule has 2 N–H and O–H groups in total. The second-order valence-electron chi connectivity index (χ2n) is 6.74. The van der Waals surface area contributed by atoms with Gasteiger partial charge < -0.3 is 10.2 Å². The highest BCUT2D eigenvalue weighted by Crippen LogP contribution is 2.20. The highest BCUT2D eigenvalue weighted by Gasteiger charge is 2.16. The van der Waals surface area contributed by atoms with Crippen molar-refractivity contribution in [2.45, 2.75) is 19.3 Å². The van der Waals surface area contributed by atoms with E-state index in [1.54, 1.807) is 6.21 Å². The predicted octanol–water partition coefficient (Wildman–Crippen LogP) is 4.66. The minimum atomic E-state index is 0.417. The van der Waals surface area contributed by atoms with Gasteiger partial charge in [-0.05, 0) is 71.7 Å². The van der Waals surface area contributed by atoms with E-state index in [-0.39, 0.29) is 0 Å². The van der Waals surface area contributed by atoms with Crippen molar-refractivity contribution in [2.24, 2.45) is 5.10 Å². The van der Waals surface area contributed by atoms with Crippen LogP contribution in [0.25, 0.3) is 0 Å². The molecule has 29 heavy (non-hydrogen) atoms. The molecule has 3 aromatic rings. The molecule has 1 fully saturated rings. The number of hydrogen-bond acceptors (Lipinski definition) is 7. The van der Waals surface area contributed by atoms with Crippen LogP contribution < -0.4 is 15.6 Å². The molecule has 1 aliphatic heterocycles. The monoisotopic (exact) mass is 499 g/mol. The van der Waals surface area contributed by atoms with E-state index in [4.69, 9.17) is 0 Å². The average molecular weight is 499 g/mol. The van der Waals surface area contributed by atoms with Crippen LogP contribution in [0.15, 0.2) is 59.7 Å². The van der Waals surface area contributed by atoms with Crippen molar-refractivity contribution in [2.75, 3.05) is 28.7 Å². The fourth-order valence-electron chi connectivity index (χ4n) is 3.07. The first kappa shape index (κ1) is 19.6. The third-order valence-corrected chi connectivity index (χ3v) is 5.26. The minimum absolute atomic E-state index is 0.417. The van der Waals surface area contributed by atoms with Crippen molar-refractivity contribution >= 4 is 52.3 Å². The highest BCUT2D eigenvalue weighted by atomic mass is 127. The molecule has 0 spiro atoms. The van der Waals surface area contributed by atoms with Crippen molar-refractivity contribution in [3.63, 3.8) is 0 Å². The zero-order valence-corrected chi connectivity index (χ0v) is 18.1. The van der Waals surface area contributed by atoms with Crippen LogP contribution in [-0.4, -0.2) is 34.3 Å². The summed E-state index contributed by atoms with van der Waals surface area (Å²) in [4.78, 5) is 15.9. The Bertz CT molecular complexity index is 955. The molecule has 1 aliphatic rings. The zero-order valence-electron chi connectivity index (χ0n) is 15.9. The molecule has 0 bridgehead atoms. The van der Waals surface area contributed by atoms with Gasteiger partial charge in [-0.3, -0.25) is 0 Å². The number of aromatic nitrogens is 3. The lowest BCUT2D eigenvalue weighted by atomic mass is 10.1. The zero-order chi connectivity index (χ0) is 19.9. The van der Waals surface area contributed by atoms with Crippen LogP contribution in [-0.2, 0) is 0 Å². The molecule has 2 aromatic carbocycles. The maximum absolute atomic E-state index is 4.63. The van der Waals surface area contributed by atoms with Gasteiger partial charge in [-0.25, -0.2) is 5.43 Å². The molecule has 8 heteroatoms. The van der Waals surface area contributed by atoms with Gasteiger partial charge in [0.15, 0.2) is 0 Å². The van der Waals surface area contributed by atoms with Gasteiger partial charge in [0.25, 0.3) is 0 Å². The predicted molar refractivity (Wildman–Crippen MR) is 126 cm³/mol. The van der Waals surface area contributed by atoms with Gasteiger partial charge in [-0.15, -0.1) is 0 Å².